The fourth-order valence-corrected chi connectivity index (χ4v) is 4.05. The van der Waals surface area contributed by atoms with Gasteiger partial charge in [0.25, 0.3) is 11.8 Å². The number of carbonyl (C=O) groups is 2. The molecule has 4 rings (SSSR count). The molecule has 9 heteroatoms. The monoisotopic (exact) mass is 474 g/mol. The zero-order valence-corrected chi connectivity index (χ0v) is 20.2. The molecule has 0 aliphatic carbocycles. The summed E-state index contributed by atoms with van der Waals surface area (Å²) in [4.78, 5) is 28.3. The number of hydrogen-bond acceptors (Lipinski definition) is 5. The summed E-state index contributed by atoms with van der Waals surface area (Å²) in [5.41, 5.74) is 4.51. The van der Waals surface area contributed by atoms with Crippen molar-refractivity contribution in [3.8, 4) is 11.4 Å². The third-order valence-corrected chi connectivity index (χ3v) is 5.83. The van der Waals surface area contributed by atoms with Crippen molar-refractivity contribution in [1.82, 2.24) is 30.6 Å². The second kappa shape index (κ2) is 10.9. The molecule has 0 unspecified atom stereocenters. The molecule has 35 heavy (non-hydrogen) atoms. The molecule has 2 aromatic carbocycles. The number of H-pyrrole nitrogens is 1. The Kier molecular flexibility index (Phi) is 7.45. The number of fused-ring (bicyclic) bond motifs is 1. The van der Waals surface area contributed by atoms with Crippen LogP contribution in [0, 0.1) is 0 Å². The Labute approximate surface area is 203 Å². The summed E-state index contributed by atoms with van der Waals surface area (Å²) >= 11 is 0. The van der Waals surface area contributed by atoms with Crippen LogP contribution in [0.3, 0.4) is 0 Å². The van der Waals surface area contributed by atoms with E-state index >= 15 is 0 Å². The summed E-state index contributed by atoms with van der Waals surface area (Å²) < 4.78 is 7.00. The Hall–Kier alpha value is -4.14. The van der Waals surface area contributed by atoms with Gasteiger partial charge in [0.1, 0.15) is 5.75 Å². The van der Waals surface area contributed by atoms with Gasteiger partial charge >= 0.3 is 0 Å². The SMILES string of the molecule is CCCc1c(C(=O)NCCc2c[nH]c3ccc(OC)cc23)nnn1-c1ccc(C(=O)NCC)cc1. The van der Waals surface area contributed by atoms with E-state index < -0.39 is 0 Å². The van der Waals surface area contributed by atoms with Crippen LogP contribution in [0.25, 0.3) is 16.6 Å². The minimum absolute atomic E-state index is 0.125. The molecule has 182 valence electrons. The lowest BCUT2D eigenvalue weighted by Crippen LogP contribution is -2.27. The highest BCUT2D eigenvalue weighted by Gasteiger charge is 2.20. The zero-order chi connectivity index (χ0) is 24.8. The molecule has 0 atom stereocenters. The molecule has 0 radical (unpaired) electrons. The van der Waals surface area contributed by atoms with Crippen LogP contribution in [0.5, 0.6) is 5.75 Å². The quantitative estimate of drug-likeness (QED) is 0.326. The second-order valence-electron chi connectivity index (χ2n) is 8.18. The minimum Gasteiger partial charge on any atom is -0.497 e. The molecular formula is C26H30N6O3. The normalized spacial score (nSPS) is 10.9. The van der Waals surface area contributed by atoms with E-state index in [1.54, 1.807) is 23.9 Å². The minimum atomic E-state index is -0.254. The first-order valence-electron chi connectivity index (χ1n) is 11.8. The predicted molar refractivity (Wildman–Crippen MR) is 134 cm³/mol. The van der Waals surface area contributed by atoms with E-state index in [9.17, 15) is 9.59 Å². The summed E-state index contributed by atoms with van der Waals surface area (Å²) in [6, 6.07) is 13.0. The van der Waals surface area contributed by atoms with Gasteiger partial charge in [-0.2, -0.15) is 0 Å². The van der Waals surface area contributed by atoms with Gasteiger partial charge in [-0.3, -0.25) is 9.59 Å². The molecule has 0 aliphatic rings. The van der Waals surface area contributed by atoms with E-state index in [0.717, 1.165) is 40.0 Å². The van der Waals surface area contributed by atoms with Crippen LogP contribution in [0.4, 0.5) is 0 Å². The molecular weight excluding hydrogens is 444 g/mol. The number of nitrogens with zero attached hydrogens (tertiary/aromatic N) is 3. The Bertz CT molecular complexity index is 1320. The molecule has 3 N–H and O–H groups in total. The highest BCUT2D eigenvalue weighted by molar-refractivity contribution is 5.94. The van der Waals surface area contributed by atoms with Gasteiger partial charge in [-0.05, 0) is 67.8 Å². The van der Waals surface area contributed by atoms with Crippen molar-refractivity contribution in [3.05, 3.63) is 71.2 Å². The molecule has 4 aromatic rings. The first kappa shape index (κ1) is 24.0. The Morgan fingerprint density at radius 1 is 1.03 bits per heavy atom. The van der Waals surface area contributed by atoms with Gasteiger partial charge < -0.3 is 20.4 Å². The lowest BCUT2D eigenvalue weighted by atomic mass is 10.1. The summed E-state index contributed by atoms with van der Waals surface area (Å²) in [6.07, 6.45) is 4.11. The van der Waals surface area contributed by atoms with Crippen molar-refractivity contribution in [3.63, 3.8) is 0 Å². The number of ether oxygens (including phenoxy) is 1. The number of carbonyl (C=O) groups excluding carboxylic acids is 2. The molecule has 2 amide bonds. The van der Waals surface area contributed by atoms with E-state index in [1.807, 2.05) is 50.4 Å². The average molecular weight is 475 g/mol. The number of aromatic amines is 1. The maximum Gasteiger partial charge on any atom is 0.273 e. The molecule has 0 bridgehead atoms. The van der Waals surface area contributed by atoms with Crippen LogP contribution in [-0.4, -0.2) is 52.0 Å². The van der Waals surface area contributed by atoms with Gasteiger partial charge in [-0.15, -0.1) is 5.10 Å². The zero-order valence-electron chi connectivity index (χ0n) is 20.2. The number of aromatic nitrogens is 4. The van der Waals surface area contributed by atoms with Crippen LogP contribution in [0.2, 0.25) is 0 Å². The first-order valence-corrected chi connectivity index (χ1v) is 11.8. The molecule has 0 aliphatic heterocycles. The van der Waals surface area contributed by atoms with Crippen molar-refractivity contribution in [2.75, 3.05) is 20.2 Å². The Morgan fingerprint density at radius 3 is 2.54 bits per heavy atom. The summed E-state index contributed by atoms with van der Waals surface area (Å²) in [5, 5.41) is 15.3. The molecule has 0 saturated carbocycles. The number of amides is 2. The number of benzene rings is 2. The van der Waals surface area contributed by atoms with Crippen molar-refractivity contribution >= 4 is 22.7 Å². The summed E-state index contributed by atoms with van der Waals surface area (Å²) in [5.74, 6) is 0.415. The van der Waals surface area contributed by atoms with Crippen molar-refractivity contribution in [2.24, 2.45) is 0 Å². The van der Waals surface area contributed by atoms with E-state index in [0.29, 0.717) is 37.2 Å². The lowest BCUT2D eigenvalue weighted by Gasteiger charge is -2.09. The fraction of sp³-hybridized carbons (Fsp3) is 0.308. The van der Waals surface area contributed by atoms with Crippen LogP contribution < -0.4 is 15.4 Å². The molecule has 2 heterocycles. The highest BCUT2D eigenvalue weighted by Crippen LogP contribution is 2.24. The van der Waals surface area contributed by atoms with Gasteiger partial charge in [0.2, 0.25) is 0 Å². The van der Waals surface area contributed by atoms with Crippen LogP contribution >= 0.6 is 0 Å². The third-order valence-electron chi connectivity index (χ3n) is 5.83. The lowest BCUT2D eigenvalue weighted by molar-refractivity contribution is 0.0943. The molecule has 0 fully saturated rings. The Morgan fingerprint density at radius 2 is 1.83 bits per heavy atom. The van der Waals surface area contributed by atoms with Crippen LogP contribution in [0.15, 0.2) is 48.7 Å². The molecule has 9 nitrogen and oxygen atoms in total. The van der Waals surface area contributed by atoms with Crippen molar-refractivity contribution < 1.29 is 14.3 Å². The Balaban J connectivity index is 1.47. The topological polar surface area (TPSA) is 114 Å². The summed E-state index contributed by atoms with van der Waals surface area (Å²) in [6.45, 7) is 4.95. The van der Waals surface area contributed by atoms with Crippen LogP contribution in [0.1, 0.15) is 52.4 Å². The largest absolute Gasteiger partial charge is 0.497 e. The number of hydrogen-bond donors (Lipinski definition) is 3. The summed E-state index contributed by atoms with van der Waals surface area (Å²) in [7, 11) is 1.65. The molecule has 0 spiro atoms. The maximum atomic E-state index is 13.0. The molecule has 0 saturated heterocycles. The number of methoxy groups -OCH3 is 1. The third kappa shape index (κ3) is 5.18. The van der Waals surface area contributed by atoms with Gasteiger partial charge in [-0.1, -0.05) is 18.6 Å². The smallest absolute Gasteiger partial charge is 0.273 e. The van der Waals surface area contributed by atoms with Gasteiger partial charge in [0.15, 0.2) is 5.69 Å². The van der Waals surface area contributed by atoms with Crippen molar-refractivity contribution in [1.29, 1.82) is 0 Å². The standard InChI is InChI=1S/C26H30N6O3/c1-4-6-23-24(30-31-32(23)19-9-7-17(8-10-19)25(33)27-5-2)26(34)28-14-13-18-16-29-22-12-11-20(35-3)15-21(18)22/h7-12,15-16,29H,4-6,13-14H2,1-3H3,(H,27,33)(H,28,34). The van der Waals surface area contributed by atoms with E-state index in [4.69, 9.17) is 4.74 Å². The van der Waals surface area contributed by atoms with Gasteiger partial charge in [-0.25, -0.2) is 4.68 Å². The highest BCUT2D eigenvalue weighted by atomic mass is 16.5. The van der Waals surface area contributed by atoms with Gasteiger partial charge in [0.05, 0.1) is 18.5 Å². The molecule has 2 aromatic heterocycles. The average Bonchev–Trinajstić information content (AvgIpc) is 3.48. The first-order chi connectivity index (χ1) is 17.0. The van der Waals surface area contributed by atoms with Crippen LogP contribution in [-0.2, 0) is 12.8 Å². The number of nitrogens with one attached hydrogen (secondary N) is 3. The van der Waals surface area contributed by atoms with E-state index in [1.165, 1.54) is 0 Å². The second-order valence-corrected chi connectivity index (χ2v) is 8.18. The predicted octanol–water partition coefficient (Wildman–Crippen LogP) is 3.43. The fourth-order valence-electron chi connectivity index (χ4n) is 4.05. The van der Waals surface area contributed by atoms with E-state index in [-0.39, 0.29) is 11.8 Å². The number of rotatable bonds is 10. The van der Waals surface area contributed by atoms with E-state index in [2.05, 4.69) is 25.9 Å². The maximum absolute atomic E-state index is 13.0. The van der Waals surface area contributed by atoms with Crippen molar-refractivity contribution in [2.45, 2.75) is 33.1 Å². The van der Waals surface area contributed by atoms with Gasteiger partial charge in [0, 0.05) is 35.8 Å².